The van der Waals surface area contributed by atoms with Crippen molar-refractivity contribution < 1.29 is 9.18 Å². The van der Waals surface area contributed by atoms with Gasteiger partial charge in [0.05, 0.1) is 17.3 Å². The zero-order valence-corrected chi connectivity index (χ0v) is 11.0. The minimum Gasteiger partial charge on any atom is -0.347 e. The molecule has 0 fully saturated rings. The van der Waals surface area contributed by atoms with Gasteiger partial charge in [0.2, 0.25) is 0 Å². The van der Waals surface area contributed by atoms with Crippen LogP contribution >= 0.6 is 0 Å². The number of benzene rings is 1. The number of carbonyl (C=O) groups excluding carboxylic acids is 1. The first kappa shape index (κ1) is 14.0. The summed E-state index contributed by atoms with van der Waals surface area (Å²) in [4.78, 5) is 19.3. The minimum absolute atomic E-state index is 0.0284. The lowest BCUT2D eigenvalue weighted by Gasteiger charge is -2.16. The zero-order valence-electron chi connectivity index (χ0n) is 11.0. The molecule has 1 amide bonds. The number of nitrogen functional groups attached to an aromatic ring is 1. The molecule has 2 aromatic rings. The molecule has 1 aromatic heterocycles. The van der Waals surface area contributed by atoms with Gasteiger partial charge in [-0.2, -0.15) is 0 Å². The number of imidazole rings is 1. The molecular weight excluding hydrogens is 261 g/mol. The Morgan fingerprint density at radius 1 is 1.55 bits per heavy atom. The Kier molecular flexibility index (Phi) is 4.31. The summed E-state index contributed by atoms with van der Waals surface area (Å²) in [5, 5.41) is 2.79. The van der Waals surface area contributed by atoms with Gasteiger partial charge in [0.1, 0.15) is 11.6 Å². The fraction of sp³-hybridized carbons (Fsp3) is 0.231. The highest BCUT2D eigenvalue weighted by atomic mass is 19.1. The summed E-state index contributed by atoms with van der Waals surface area (Å²) in [5.41, 5.74) is 2.33. The average Bonchev–Trinajstić information content (AvgIpc) is 2.98. The number of nitrogens with two attached hydrogens (primary N) is 1. The van der Waals surface area contributed by atoms with E-state index in [9.17, 15) is 9.18 Å². The molecule has 0 spiro atoms. The number of hydrazine groups is 1. The van der Waals surface area contributed by atoms with E-state index in [1.54, 1.807) is 12.4 Å². The number of hydrogen-bond acceptors (Lipinski definition) is 4. The fourth-order valence-electron chi connectivity index (χ4n) is 1.93. The molecule has 1 aromatic carbocycles. The summed E-state index contributed by atoms with van der Waals surface area (Å²) in [6, 6.07) is 3.92. The van der Waals surface area contributed by atoms with Crippen LogP contribution in [0, 0.1) is 5.82 Å². The van der Waals surface area contributed by atoms with Crippen LogP contribution in [0.2, 0.25) is 0 Å². The van der Waals surface area contributed by atoms with Crippen LogP contribution in [0.15, 0.2) is 30.6 Å². The largest absolute Gasteiger partial charge is 0.347 e. The summed E-state index contributed by atoms with van der Waals surface area (Å²) in [5.74, 6) is 4.92. The Bertz CT molecular complexity index is 584. The summed E-state index contributed by atoms with van der Waals surface area (Å²) in [6.45, 7) is 1.92. The topological polar surface area (TPSA) is 95.8 Å². The number of aromatic amines is 1. The van der Waals surface area contributed by atoms with Gasteiger partial charge < -0.3 is 15.7 Å². The predicted molar refractivity (Wildman–Crippen MR) is 73.3 cm³/mol. The van der Waals surface area contributed by atoms with Crippen molar-refractivity contribution in [1.82, 2.24) is 15.3 Å². The van der Waals surface area contributed by atoms with Gasteiger partial charge >= 0.3 is 0 Å². The highest BCUT2D eigenvalue weighted by Crippen LogP contribution is 2.20. The van der Waals surface area contributed by atoms with E-state index in [1.807, 2.05) is 6.92 Å². The van der Waals surface area contributed by atoms with E-state index in [0.29, 0.717) is 12.2 Å². The quantitative estimate of drug-likeness (QED) is 0.494. The number of H-pyrrole nitrogens is 1. The van der Waals surface area contributed by atoms with Crippen molar-refractivity contribution in [1.29, 1.82) is 0 Å². The van der Waals surface area contributed by atoms with Gasteiger partial charge in [-0.1, -0.05) is 13.0 Å². The monoisotopic (exact) mass is 277 g/mol. The third-order valence-corrected chi connectivity index (χ3v) is 2.97. The molecule has 5 N–H and O–H groups in total. The second-order valence-electron chi connectivity index (χ2n) is 4.22. The lowest BCUT2D eigenvalue weighted by Crippen LogP contribution is -2.30. The van der Waals surface area contributed by atoms with Gasteiger partial charge in [-0.05, 0) is 18.6 Å². The lowest BCUT2D eigenvalue weighted by atomic mass is 10.1. The molecule has 20 heavy (non-hydrogen) atoms. The smallest absolute Gasteiger partial charge is 0.254 e. The van der Waals surface area contributed by atoms with E-state index < -0.39 is 11.7 Å². The summed E-state index contributed by atoms with van der Waals surface area (Å²) < 4.78 is 13.6. The van der Waals surface area contributed by atoms with Crippen LogP contribution in [0.3, 0.4) is 0 Å². The molecule has 0 saturated heterocycles. The number of anilines is 1. The molecule has 1 heterocycles. The van der Waals surface area contributed by atoms with Crippen LogP contribution < -0.4 is 16.6 Å². The number of nitrogens with zero attached hydrogens (tertiary/aromatic N) is 1. The first-order valence-electron chi connectivity index (χ1n) is 6.22. The molecule has 0 bridgehead atoms. The van der Waals surface area contributed by atoms with Crippen LogP contribution in [0.4, 0.5) is 10.1 Å². The van der Waals surface area contributed by atoms with E-state index in [2.05, 4.69) is 20.7 Å². The highest BCUT2D eigenvalue weighted by molar-refractivity contribution is 5.99. The van der Waals surface area contributed by atoms with Crippen LogP contribution in [-0.2, 0) is 0 Å². The highest BCUT2D eigenvalue weighted by Gasteiger charge is 2.19. The number of rotatable bonds is 5. The number of amides is 1. The van der Waals surface area contributed by atoms with Crippen molar-refractivity contribution in [2.24, 2.45) is 5.84 Å². The van der Waals surface area contributed by atoms with Crippen molar-refractivity contribution in [3.63, 3.8) is 0 Å². The first-order valence-corrected chi connectivity index (χ1v) is 6.22. The maximum atomic E-state index is 13.6. The van der Waals surface area contributed by atoms with Gasteiger partial charge in [-0.25, -0.2) is 9.37 Å². The normalized spacial score (nSPS) is 11.9. The van der Waals surface area contributed by atoms with Crippen molar-refractivity contribution in [3.8, 4) is 0 Å². The first-order chi connectivity index (χ1) is 9.67. The van der Waals surface area contributed by atoms with Crippen molar-refractivity contribution in [3.05, 3.63) is 47.8 Å². The second kappa shape index (κ2) is 6.16. The van der Waals surface area contributed by atoms with E-state index in [-0.39, 0.29) is 17.3 Å². The van der Waals surface area contributed by atoms with E-state index in [4.69, 9.17) is 5.84 Å². The molecule has 0 saturated carbocycles. The van der Waals surface area contributed by atoms with Crippen LogP contribution in [-0.4, -0.2) is 15.9 Å². The van der Waals surface area contributed by atoms with Gasteiger partial charge in [-0.3, -0.25) is 10.6 Å². The molecule has 7 heteroatoms. The molecule has 106 valence electrons. The van der Waals surface area contributed by atoms with E-state index in [1.165, 1.54) is 18.2 Å². The van der Waals surface area contributed by atoms with E-state index >= 15 is 0 Å². The number of halogens is 1. The third kappa shape index (κ3) is 2.77. The molecule has 0 radical (unpaired) electrons. The van der Waals surface area contributed by atoms with E-state index in [0.717, 1.165) is 0 Å². The van der Waals surface area contributed by atoms with Crippen LogP contribution in [0.25, 0.3) is 0 Å². The molecule has 0 aliphatic heterocycles. The standard InChI is InChI=1S/C13H16FN5O/c1-2-10(12-16-6-7-17-12)18-13(20)8-4-3-5-9(14)11(8)19-15/h3-7,10,19H,2,15H2,1H3,(H,16,17)(H,18,20). The Labute approximate surface area is 115 Å². The number of para-hydroxylation sites is 1. The SMILES string of the molecule is CCC(NC(=O)c1cccc(F)c1NN)c1ncc[nH]1. The minimum atomic E-state index is -0.578. The summed E-state index contributed by atoms with van der Waals surface area (Å²) >= 11 is 0. The fourth-order valence-corrected chi connectivity index (χ4v) is 1.93. The lowest BCUT2D eigenvalue weighted by molar-refractivity contribution is 0.0934. The zero-order chi connectivity index (χ0) is 14.5. The number of aromatic nitrogens is 2. The van der Waals surface area contributed by atoms with Crippen LogP contribution in [0.1, 0.15) is 35.6 Å². The van der Waals surface area contributed by atoms with Crippen LogP contribution in [0.5, 0.6) is 0 Å². The van der Waals surface area contributed by atoms with Gasteiger partial charge in [0, 0.05) is 12.4 Å². The van der Waals surface area contributed by atoms with Crippen molar-refractivity contribution >= 4 is 11.6 Å². The predicted octanol–water partition coefficient (Wildman–Crippen LogP) is 1.72. The molecule has 0 aliphatic carbocycles. The Morgan fingerprint density at radius 2 is 2.35 bits per heavy atom. The molecule has 0 aliphatic rings. The Hall–Kier alpha value is -2.41. The Morgan fingerprint density at radius 3 is 2.95 bits per heavy atom. The molecule has 1 unspecified atom stereocenters. The summed E-state index contributed by atoms with van der Waals surface area (Å²) in [6.07, 6.45) is 3.94. The average molecular weight is 277 g/mol. The molecule has 6 nitrogen and oxygen atoms in total. The molecular formula is C13H16FN5O. The maximum Gasteiger partial charge on any atom is 0.254 e. The number of carbonyl (C=O) groups is 1. The molecule has 1 atom stereocenters. The second-order valence-corrected chi connectivity index (χ2v) is 4.22. The molecule has 2 rings (SSSR count). The third-order valence-electron chi connectivity index (χ3n) is 2.97. The maximum absolute atomic E-state index is 13.6. The van der Waals surface area contributed by atoms with Crippen molar-refractivity contribution in [2.45, 2.75) is 19.4 Å². The summed E-state index contributed by atoms with van der Waals surface area (Å²) in [7, 11) is 0. The van der Waals surface area contributed by atoms with Crippen molar-refractivity contribution in [2.75, 3.05) is 5.43 Å². The van der Waals surface area contributed by atoms with Gasteiger partial charge in [0.25, 0.3) is 5.91 Å². The Balaban J connectivity index is 2.22. The number of hydrogen-bond donors (Lipinski definition) is 4. The van der Waals surface area contributed by atoms with Gasteiger partial charge in [0.15, 0.2) is 0 Å². The number of nitrogens with one attached hydrogen (secondary N) is 3. The van der Waals surface area contributed by atoms with Gasteiger partial charge in [-0.15, -0.1) is 0 Å².